The van der Waals surface area contributed by atoms with Crippen molar-refractivity contribution in [3.8, 4) is 5.75 Å². The van der Waals surface area contributed by atoms with Gasteiger partial charge in [-0.2, -0.15) is 0 Å². The van der Waals surface area contributed by atoms with E-state index in [-0.39, 0.29) is 6.61 Å². The molecule has 2 rings (SSSR count). The Kier molecular flexibility index (Phi) is 5.40. The maximum atomic E-state index is 11.7. The number of hydrogen-bond acceptors (Lipinski definition) is 5. The summed E-state index contributed by atoms with van der Waals surface area (Å²) in [5, 5.41) is 3.08. The normalized spacial score (nSPS) is 10.4. The number of hydrogen-bond donors (Lipinski definition) is 1. The van der Waals surface area contributed by atoms with Crippen LogP contribution in [0.5, 0.6) is 5.75 Å². The molecule has 0 unspecified atom stereocenters. The Morgan fingerprint density at radius 2 is 2.00 bits per heavy atom. The standard InChI is InChI=1S/C16H19NO4/c1-3-19-16(18)14-8-9-20-15(14)11-21-13-6-4-12(5-7-13)10-17-2/h4-9,17H,3,10-11H2,1-2H3. The summed E-state index contributed by atoms with van der Waals surface area (Å²) in [4.78, 5) is 11.7. The first-order valence-corrected chi connectivity index (χ1v) is 6.84. The van der Waals surface area contributed by atoms with Gasteiger partial charge in [0.05, 0.1) is 12.9 Å². The van der Waals surface area contributed by atoms with E-state index in [1.807, 2.05) is 31.3 Å². The van der Waals surface area contributed by atoms with Gasteiger partial charge in [-0.1, -0.05) is 12.1 Å². The van der Waals surface area contributed by atoms with Crippen molar-refractivity contribution in [3.63, 3.8) is 0 Å². The van der Waals surface area contributed by atoms with E-state index in [2.05, 4.69) is 5.32 Å². The fourth-order valence-corrected chi connectivity index (χ4v) is 1.90. The molecule has 0 amide bonds. The third kappa shape index (κ3) is 4.10. The van der Waals surface area contributed by atoms with Gasteiger partial charge in [-0.15, -0.1) is 0 Å². The lowest BCUT2D eigenvalue weighted by Crippen LogP contribution is -2.07. The van der Waals surface area contributed by atoms with Gasteiger partial charge in [0.1, 0.15) is 17.9 Å². The first-order chi connectivity index (χ1) is 10.2. The third-order valence-corrected chi connectivity index (χ3v) is 2.91. The molecule has 0 saturated heterocycles. The maximum Gasteiger partial charge on any atom is 0.341 e. The van der Waals surface area contributed by atoms with Crippen LogP contribution in [0.25, 0.3) is 0 Å². The highest BCUT2D eigenvalue weighted by Gasteiger charge is 2.16. The number of furan rings is 1. The molecule has 1 heterocycles. The number of carbonyl (C=O) groups excluding carboxylic acids is 1. The van der Waals surface area contributed by atoms with Crippen LogP contribution in [-0.2, 0) is 17.9 Å². The molecule has 5 heteroatoms. The molecule has 1 N–H and O–H groups in total. The lowest BCUT2D eigenvalue weighted by Gasteiger charge is -2.07. The number of ether oxygens (including phenoxy) is 2. The summed E-state index contributed by atoms with van der Waals surface area (Å²) in [6.07, 6.45) is 1.46. The number of benzene rings is 1. The average molecular weight is 289 g/mol. The van der Waals surface area contributed by atoms with Crippen molar-refractivity contribution in [1.82, 2.24) is 5.32 Å². The number of nitrogens with one attached hydrogen (secondary N) is 1. The fourth-order valence-electron chi connectivity index (χ4n) is 1.90. The van der Waals surface area contributed by atoms with Crippen molar-refractivity contribution in [2.24, 2.45) is 0 Å². The van der Waals surface area contributed by atoms with E-state index in [1.54, 1.807) is 13.0 Å². The number of rotatable bonds is 7. The van der Waals surface area contributed by atoms with E-state index in [4.69, 9.17) is 13.9 Å². The predicted molar refractivity (Wildman–Crippen MR) is 78.2 cm³/mol. The van der Waals surface area contributed by atoms with Gasteiger partial charge in [0.15, 0.2) is 5.76 Å². The molecule has 112 valence electrons. The minimum absolute atomic E-state index is 0.187. The van der Waals surface area contributed by atoms with Crippen molar-refractivity contribution in [1.29, 1.82) is 0 Å². The number of carbonyl (C=O) groups is 1. The van der Waals surface area contributed by atoms with E-state index < -0.39 is 5.97 Å². The van der Waals surface area contributed by atoms with Crippen LogP contribution in [0.15, 0.2) is 41.0 Å². The van der Waals surface area contributed by atoms with E-state index in [0.29, 0.717) is 17.9 Å². The van der Waals surface area contributed by atoms with Crippen molar-refractivity contribution in [2.75, 3.05) is 13.7 Å². The highest BCUT2D eigenvalue weighted by Crippen LogP contribution is 2.17. The Morgan fingerprint density at radius 1 is 1.24 bits per heavy atom. The van der Waals surface area contributed by atoms with Gasteiger partial charge >= 0.3 is 5.97 Å². The zero-order valence-electron chi connectivity index (χ0n) is 12.2. The molecule has 0 radical (unpaired) electrons. The minimum Gasteiger partial charge on any atom is -0.486 e. The summed E-state index contributed by atoms with van der Waals surface area (Å²) in [5.74, 6) is 0.794. The molecule has 1 aromatic heterocycles. The molecule has 0 spiro atoms. The van der Waals surface area contributed by atoms with Gasteiger partial charge in [0.25, 0.3) is 0 Å². The van der Waals surface area contributed by atoms with Gasteiger partial charge in [-0.3, -0.25) is 0 Å². The molecule has 1 aromatic carbocycles. The molecule has 0 atom stereocenters. The summed E-state index contributed by atoms with van der Waals surface area (Å²) in [6.45, 7) is 3.09. The van der Waals surface area contributed by atoms with E-state index >= 15 is 0 Å². The predicted octanol–water partition coefficient (Wildman–Crippen LogP) is 2.75. The fraction of sp³-hybridized carbons (Fsp3) is 0.312. The summed E-state index contributed by atoms with van der Waals surface area (Å²) in [6, 6.07) is 9.34. The molecule has 0 bridgehead atoms. The quantitative estimate of drug-likeness (QED) is 0.794. The molecule has 5 nitrogen and oxygen atoms in total. The summed E-state index contributed by atoms with van der Waals surface area (Å²) in [7, 11) is 1.90. The zero-order chi connectivity index (χ0) is 15.1. The van der Waals surface area contributed by atoms with Gasteiger partial charge < -0.3 is 19.2 Å². The summed E-state index contributed by atoms with van der Waals surface area (Å²) < 4.78 is 15.9. The second-order valence-electron chi connectivity index (χ2n) is 4.44. The molecule has 0 fully saturated rings. The molecule has 0 saturated carbocycles. The highest BCUT2D eigenvalue weighted by molar-refractivity contribution is 5.90. The minimum atomic E-state index is -0.394. The monoisotopic (exact) mass is 289 g/mol. The van der Waals surface area contributed by atoms with Crippen molar-refractivity contribution in [3.05, 3.63) is 53.5 Å². The Balaban J connectivity index is 1.97. The molecule has 2 aromatic rings. The van der Waals surface area contributed by atoms with Crippen LogP contribution in [0.2, 0.25) is 0 Å². The van der Waals surface area contributed by atoms with Crippen LogP contribution in [0, 0.1) is 0 Å². The van der Waals surface area contributed by atoms with E-state index in [1.165, 1.54) is 11.8 Å². The second kappa shape index (κ2) is 7.50. The first-order valence-electron chi connectivity index (χ1n) is 6.84. The van der Waals surface area contributed by atoms with Crippen LogP contribution in [0.1, 0.15) is 28.6 Å². The van der Waals surface area contributed by atoms with Crippen molar-refractivity contribution < 1.29 is 18.7 Å². The molecular formula is C16H19NO4. The largest absolute Gasteiger partial charge is 0.486 e. The molecule has 0 aliphatic rings. The lowest BCUT2D eigenvalue weighted by molar-refractivity contribution is 0.0521. The molecule has 0 aliphatic heterocycles. The van der Waals surface area contributed by atoms with Crippen LogP contribution in [0.3, 0.4) is 0 Å². The molecular weight excluding hydrogens is 270 g/mol. The maximum absolute atomic E-state index is 11.7. The third-order valence-electron chi connectivity index (χ3n) is 2.91. The van der Waals surface area contributed by atoms with Crippen LogP contribution in [-0.4, -0.2) is 19.6 Å². The summed E-state index contributed by atoms with van der Waals surface area (Å²) in [5.41, 5.74) is 1.58. The SMILES string of the molecule is CCOC(=O)c1ccoc1COc1ccc(CNC)cc1. The van der Waals surface area contributed by atoms with Gasteiger partial charge in [-0.05, 0) is 37.7 Å². The summed E-state index contributed by atoms with van der Waals surface area (Å²) >= 11 is 0. The number of esters is 1. The molecule has 21 heavy (non-hydrogen) atoms. The topological polar surface area (TPSA) is 60.7 Å². The Morgan fingerprint density at radius 3 is 2.67 bits per heavy atom. The molecule has 0 aliphatic carbocycles. The average Bonchev–Trinajstić information content (AvgIpc) is 2.96. The Bertz CT molecular complexity index is 574. The lowest BCUT2D eigenvalue weighted by atomic mass is 10.2. The smallest absolute Gasteiger partial charge is 0.341 e. The van der Waals surface area contributed by atoms with Gasteiger partial charge in [0.2, 0.25) is 0 Å². The van der Waals surface area contributed by atoms with Crippen LogP contribution in [0.4, 0.5) is 0 Å². The van der Waals surface area contributed by atoms with Gasteiger partial charge in [-0.25, -0.2) is 4.79 Å². The van der Waals surface area contributed by atoms with E-state index in [0.717, 1.165) is 12.3 Å². The first kappa shape index (κ1) is 15.1. The Labute approximate surface area is 123 Å². The van der Waals surface area contributed by atoms with E-state index in [9.17, 15) is 4.79 Å². The van der Waals surface area contributed by atoms with Crippen molar-refractivity contribution in [2.45, 2.75) is 20.1 Å². The van der Waals surface area contributed by atoms with Crippen LogP contribution < -0.4 is 10.1 Å². The highest BCUT2D eigenvalue weighted by atomic mass is 16.5. The van der Waals surface area contributed by atoms with Crippen molar-refractivity contribution >= 4 is 5.97 Å². The Hall–Kier alpha value is -2.27. The second-order valence-corrected chi connectivity index (χ2v) is 4.44. The zero-order valence-corrected chi connectivity index (χ0v) is 12.2. The van der Waals surface area contributed by atoms with Crippen LogP contribution >= 0.6 is 0 Å². The van der Waals surface area contributed by atoms with Gasteiger partial charge in [0, 0.05) is 6.54 Å².